The largest absolute Gasteiger partial charge is 0.456 e. The molecule has 3 saturated heterocycles. The summed E-state index contributed by atoms with van der Waals surface area (Å²) in [6, 6.07) is 9.70. The fraction of sp³-hybridized carbons (Fsp3) is 0.500. The van der Waals surface area contributed by atoms with Crippen LogP contribution < -0.4 is 10.6 Å². The van der Waals surface area contributed by atoms with Crippen LogP contribution in [-0.2, 0) is 38.1 Å². The quantitative estimate of drug-likeness (QED) is 0.171. The van der Waals surface area contributed by atoms with Crippen LogP contribution in [0.4, 0.5) is 9.59 Å². The normalized spacial score (nSPS) is 21.0. The Kier molecular flexibility index (Phi) is 13.8. The van der Waals surface area contributed by atoms with Crippen molar-refractivity contribution in [3.8, 4) is 11.1 Å². The summed E-state index contributed by atoms with van der Waals surface area (Å²) in [6.07, 6.45) is 2.30. The van der Waals surface area contributed by atoms with Crippen molar-refractivity contribution in [2.24, 2.45) is 5.92 Å². The average Bonchev–Trinajstić information content (AvgIpc) is 3.85. The lowest BCUT2D eigenvalue weighted by Gasteiger charge is -2.29. The van der Waals surface area contributed by atoms with Gasteiger partial charge in [-0.05, 0) is 62.0 Å². The maximum absolute atomic E-state index is 13.3. The van der Waals surface area contributed by atoms with Gasteiger partial charge in [-0.3, -0.25) is 19.2 Å². The summed E-state index contributed by atoms with van der Waals surface area (Å²) in [6.45, 7) is 2.82. The first-order chi connectivity index (χ1) is 26.8. The van der Waals surface area contributed by atoms with Crippen LogP contribution in [0.1, 0.15) is 79.5 Å². The van der Waals surface area contributed by atoms with E-state index in [4.69, 9.17) is 9.47 Å². The minimum Gasteiger partial charge on any atom is -0.456 e. The van der Waals surface area contributed by atoms with E-state index in [9.17, 15) is 38.4 Å². The molecule has 2 aromatic carbocycles. The summed E-state index contributed by atoms with van der Waals surface area (Å²) in [5.74, 6) is -3.29. The van der Waals surface area contributed by atoms with Gasteiger partial charge in [-0.25, -0.2) is 19.2 Å². The zero-order valence-corrected chi connectivity index (χ0v) is 31.9. The topological polar surface area (TPSA) is 204 Å². The third-order valence-corrected chi connectivity index (χ3v) is 10.5. The van der Waals surface area contributed by atoms with E-state index >= 15 is 0 Å². The molecule has 16 heteroatoms. The van der Waals surface area contributed by atoms with Gasteiger partial charge in [0.1, 0.15) is 24.2 Å². The Morgan fingerprint density at radius 3 is 1.79 bits per heavy atom. The molecule has 0 unspecified atom stereocenters. The van der Waals surface area contributed by atoms with E-state index in [1.807, 2.05) is 0 Å². The second-order valence-corrected chi connectivity index (χ2v) is 14.4. The second-order valence-electron chi connectivity index (χ2n) is 14.4. The van der Waals surface area contributed by atoms with Crippen LogP contribution in [0.3, 0.4) is 0 Å². The van der Waals surface area contributed by atoms with E-state index in [0.717, 1.165) is 11.1 Å². The number of alkyl carbamates (subject to hydrolysis) is 2. The monoisotopic (exact) mass is 776 g/mol. The molecule has 0 spiro atoms. The van der Waals surface area contributed by atoms with Crippen molar-refractivity contribution in [3.05, 3.63) is 59.7 Å². The fourth-order valence-electron chi connectivity index (χ4n) is 7.41. The van der Waals surface area contributed by atoms with Crippen LogP contribution in [-0.4, -0.2) is 121 Å². The molecule has 0 bridgehead atoms. The molecular formula is C40H48N4O12. The van der Waals surface area contributed by atoms with E-state index < -0.39 is 79.0 Å². The highest BCUT2D eigenvalue weighted by atomic mass is 16.6. The Labute approximate surface area is 324 Å². The van der Waals surface area contributed by atoms with Crippen molar-refractivity contribution in [1.82, 2.24) is 20.4 Å². The highest BCUT2D eigenvalue weighted by molar-refractivity contribution is 6.00. The Morgan fingerprint density at radius 1 is 0.696 bits per heavy atom. The van der Waals surface area contributed by atoms with Gasteiger partial charge in [-0.2, -0.15) is 0 Å². The lowest BCUT2D eigenvalue weighted by atomic mass is 10.0. The molecule has 300 valence electrons. The number of carbonyl (C=O) groups excluding carboxylic acids is 8. The summed E-state index contributed by atoms with van der Waals surface area (Å²) >= 11 is 0. The number of Topliss-reactive ketones (excluding diaryl/α,β-unsaturated/α-hetero) is 2. The minimum absolute atomic E-state index is 0.146. The predicted molar refractivity (Wildman–Crippen MR) is 198 cm³/mol. The number of methoxy groups -OCH3 is 2. The third-order valence-electron chi connectivity index (χ3n) is 10.5. The second kappa shape index (κ2) is 18.7. The molecule has 0 aliphatic carbocycles. The molecule has 0 radical (unpaired) electrons. The van der Waals surface area contributed by atoms with E-state index in [1.54, 1.807) is 62.4 Å². The van der Waals surface area contributed by atoms with Gasteiger partial charge in [-0.1, -0.05) is 62.4 Å². The van der Waals surface area contributed by atoms with Crippen molar-refractivity contribution in [3.63, 3.8) is 0 Å². The Morgan fingerprint density at radius 2 is 1.25 bits per heavy atom. The van der Waals surface area contributed by atoms with Gasteiger partial charge in [0.25, 0.3) is 0 Å². The number of fused-ring (bicyclic) bond motifs is 1. The molecule has 2 N–H and O–H groups in total. The van der Waals surface area contributed by atoms with Crippen LogP contribution in [0.5, 0.6) is 0 Å². The molecule has 5 rings (SSSR count). The number of ether oxygens (including phenoxy) is 4. The number of esters is 2. The van der Waals surface area contributed by atoms with E-state index in [0.29, 0.717) is 62.6 Å². The predicted octanol–water partition coefficient (Wildman–Crippen LogP) is 3.45. The molecule has 5 atom stereocenters. The molecule has 2 aromatic rings. The van der Waals surface area contributed by atoms with Crippen molar-refractivity contribution in [2.75, 3.05) is 34.0 Å². The number of rotatable bonds is 13. The minimum atomic E-state index is -0.893. The molecule has 56 heavy (non-hydrogen) atoms. The lowest BCUT2D eigenvalue weighted by molar-refractivity contribution is -0.154. The summed E-state index contributed by atoms with van der Waals surface area (Å²) < 4.78 is 20.0. The number of amides is 4. The number of carbonyl (C=O) groups is 8. The number of nitrogens with zero attached hydrogens (tertiary/aromatic N) is 2. The molecule has 16 nitrogen and oxygen atoms in total. The van der Waals surface area contributed by atoms with Gasteiger partial charge in [0.2, 0.25) is 11.8 Å². The van der Waals surface area contributed by atoms with Crippen LogP contribution in [0.15, 0.2) is 48.5 Å². The van der Waals surface area contributed by atoms with Gasteiger partial charge in [0.05, 0.1) is 14.2 Å². The first kappa shape index (κ1) is 41.4. The van der Waals surface area contributed by atoms with E-state index in [2.05, 4.69) is 20.1 Å². The molecule has 3 aliphatic heterocycles. The summed E-state index contributed by atoms with van der Waals surface area (Å²) in [5.41, 5.74) is 2.13. The van der Waals surface area contributed by atoms with Gasteiger partial charge < -0.3 is 39.4 Å². The van der Waals surface area contributed by atoms with Crippen LogP contribution in [0, 0.1) is 5.92 Å². The lowest BCUT2D eigenvalue weighted by Crippen LogP contribution is -2.54. The summed E-state index contributed by atoms with van der Waals surface area (Å²) in [4.78, 5) is 105. The summed E-state index contributed by atoms with van der Waals surface area (Å²) in [5, 5.41) is 5.07. The van der Waals surface area contributed by atoms with Crippen LogP contribution >= 0.6 is 0 Å². The number of nitrogens with one attached hydrogen (secondary N) is 2. The molecule has 3 heterocycles. The zero-order valence-electron chi connectivity index (χ0n) is 31.9. The molecule has 0 saturated carbocycles. The molecule has 3 aliphatic rings. The van der Waals surface area contributed by atoms with Crippen molar-refractivity contribution >= 4 is 47.5 Å². The number of ketones is 2. The van der Waals surface area contributed by atoms with Crippen molar-refractivity contribution in [1.29, 1.82) is 0 Å². The van der Waals surface area contributed by atoms with Crippen molar-refractivity contribution < 1.29 is 57.3 Å². The third kappa shape index (κ3) is 9.70. The molecule has 4 amide bonds. The van der Waals surface area contributed by atoms with Crippen molar-refractivity contribution in [2.45, 2.75) is 89.0 Å². The van der Waals surface area contributed by atoms with Gasteiger partial charge >= 0.3 is 24.1 Å². The first-order valence-electron chi connectivity index (χ1n) is 18.7. The Balaban J connectivity index is 1.11. The standard InChI is InChI=1S/C40H48N4O12/c1-23(2)34(42-40(52)54-4)36(48)43-20-6-9-30(43)37(49)55-21-32(45)26-14-10-24(11-15-26)25-12-16-27(17-13-25)33(46)22-56-38(50)31-19-18-28-7-5-8-29(35(47)44(28)31)41-39(51)53-3/h10-17,23,28-31,34H,5-9,18-22H2,1-4H3,(H,41,51)(H,42,52)/t28-,29+,30+,31+,34+/m1/s1. The fourth-order valence-corrected chi connectivity index (χ4v) is 7.41. The average molecular weight is 777 g/mol. The summed E-state index contributed by atoms with van der Waals surface area (Å²) in [7, 11) is 2.41. The zero-order chi connectivity index (χ0) is 40.5. The number of benzene rings is 2. The number of likely N-dealkylation sites (tertiary alicyclic amines) is 1. The molecule has 0 aromatic heterocycles. The smallest absolute Gasteiger partial charge is 0.407 e. The van der Waals surface area contributed by atoms with Gasteiger partial charge in [0, 0.05) is 23.7 Å². The molecule has 3 fully saturated rings. The van der Waals surface area contributed by atoms with Gasteiger partial charge in [-0.15, -0.1) is 0 Å². The van der Waals surface area contributed by atoms with Gasteiger partial charge in [0.15, 0.2) is 24.8 Å². The van der Waals surface area contributed by atoms with E-state index in [1.165, 1.54) is 24.0 Å². The number of hydrogen-bond donors (Lipinski definition) is 2. The molecular weight excluding hydrogens is 728 g/mol. The SMILES string of the molecule is COC(=O)N[C@H]1CCC[C@@H]2CC[C@@H](C(=O)OCC(=O)c3ccc(-c4ccc(C(=O)COC(=O)[C@@H]5CCCN5C(=O)[C@@H](NC(=O)OC)C(C)C)cc4)cc3)N2C1=O. The van der Waals surface area contributed by atoms with Crippen LogP contribution in [0.25, 0.3) is 11.1 Å². The maximum atomic E-state index is 13.3. The number of hydrogen-bond acceptors (Lipinski definition) is 12. The van der Waals surface area contributed by atoms with E-state index in [-0.39, 0.29) is 17.9 Å². The maximum Gasteiger partial charge on any atom is 0.407 e. The first-order valence-corrected chi connectivity index (χ1v) is 18.7. The highest BCUT2D eigenvalue weighted by Crippen LogP contribution is 2.32. The Hall–Kier alpha value is -5.80. The highest BCUT2D eigenvalue weighted by Gasteiger charge is 2.46. The van der Waals surface area contributed by atoms with Crippen LogP contribution in [0.2, 0.25) is 0 Å². The Bertz CT molecular complexity index is 1810.